The number of benzene rings is 2. The molecule has 0 atom stereocenters. The summed E-state index contributed by atoms with van der Waals surface area (Å²) in [4.78, 5) is 41.9. The van der Waals surface area contributed by atoms with E-state index in [-0.39, 0.29) is 29.4 Å². The summed E-state index contributed by atoms with van der Waals surface area (Å²) >= 11 is 2.35. The normalized spacial score (nSPS) is 13.8. The van der Waals surface area contributed by atoms with Crippen LogP contribution in [0.1, 0.15) is 15.2 Å². The molecule has 6 nitrogen and oxygen atoms in total. The number of aromatic nitrogens is 1. The predicted octanol–water partition coefficient (Wildman–Crippen LogP) is 4.26. The second kappa shape index (κ2) is 7.95. The van der Waals surface area contributed by atoms with Gasteiger partial charge in [-0.3, -0.25) is 19.3 Å². The Labute approximate surface area is 169 Å². The average molecular weight is 409 g/mol. The van der Waals surface area contributed by atoms with Gasteiger partial charge in [0, 0.05) is 11.3 Å². The van der Waals surface area contributed by atoms with Gasteiger partial charge < -0.3 is 5.32 Å². The summed E-state index contributed by atoms with van der Waals surface area (Å²) in [6, 6.07) is 16.8. The summed E-state index contributed by atoms with van der Waals surface area (Å²) in [7, 11) is 0. The molecule has 1 aliphatic rings. The lowest BCUT2D eigenvalue weighted by Crippen LogP contribution is -2.27. The molecule has 8 heteroatoms. The van der Waals surface area contributed by atoms with E-state index in [1.807, 2.05) is 30.3 Å². The first-order valence-electron chi connectivity index (χ1n) is 8.49. The van der Waals surface area contributed by atoms with E-state index >= 15 is 0 Å². The minimum atomic E-state index is -0.228. The zero-order valence-corrected chi connectivity index (χ0v) is 16.3. The van der Waals surface area contributed by atoms with Crippen molar-refractivity contribution in [3.63, 3.8) is 0 Å². The summed E-state index contributed by atoms with van der Waals surface area (Å²) in [6.07, 6.45) is 1.57. The minimum Gasteiger partial charge on any atom is -0.321 e. The predicted molar refractivity (Wildman–Crippen MR) is 110 cm³/mol. The molecule has 2 aromatic carbocycles. The molecule has 3 amide bonds. The number of carbonyl (C=O) groups is 3. The van der Waals surface area contributed by atoms with Gasteiger partial charge in [0.25, 0.3) is 11.1 Å². The molecule has 0 saturated carbocycles. The van der Waals surface area contributed by atoms with Gasteiger partial charge in [0.1, 0.15) is 9.88 Å². The third-order valence-electron chi connectivity index (χ3n) is 4.14. The van der Waals surface area contributed by atoms with Crippen LogP contribution in [0.25, 0.3) is 10.6 Å². The molecule has 3 aromatic rings. The van der Waals surface area contributed by atoms with Gasteiger partial charge in [-0.05, 0) is 17.7 Å². The maximum atomic E-state index is 12.5. The first kappa shape index (κ1) is 18.4. The quantitative estimate of drug-likeness (QED) is 0.681. The number of hydrogen-bond donors (Lipinski definition) is 1. The van der Waals surface area contributed by atoms with E-state index in [4.69, 9.17) is 0 Å². The van der Waals surface area contributed by atoms with Gasteiger partial charge in [0.2, 0.25) is 5.91 Å². The third kappa shape index (κ3) is 3.97. The highest BCUT2D eigenvalue weighted by Crippen LogP contribution is 2.26. The molecule has 28 heavy (non-hydrogen) atoms. The van der Waals surface area contributed by atoms with Crippen molar-refractivity contribution in [1.29, 1.82) is 0 Å². The largest absolute Gasteiger partial charge is 0.321 e. The first-order valence-corrected chi connectivity index (χ1v) is 10.3. The van der Waals surface area contributed by atoms with Crippen LogP contribution in [-0.4, -0.2) is 32.7 Å². The summed E-state index contributed by atoms with van der Waals surface area (Å²) in [5.74, 6) is -0.201. The van der Waals surface area contributed by atoms with Crippen molar-refractivity contribution in [3.8, 4) is 10.6 Å². The molecule has 1 fully saturated rings. The van der Waals surface area contributed by atoms with Crippen LogP contribution >= 0.6 is 23.1 Å². The first-order chi connectivity index (χ1) is 13.6. The fourth-order valence-electron chi connectivity index (χ4n) is 2.70. The van der Waals surface area contributed by atoms with E-state index in [9.17, 15) is 14.4 Å². The van der Waals surface area contributed by atoms with E-state index < -0.39 is 0 Å². The zero-order chi connectivity index (χ0) is 19.5. The molecule has 0 radical (unpaired) electrons. The molecule has 4 rings (SSSR count). The number of hydrogen-bond acceptors (Lipinski definition) is 6. The third-order valence-corrected chi connectivity index (χ3v) is 6.05. The summed E-state index contributed by atoms with van der Waals surface area (Å²) in [6.45, 7) is 0.244. The van der Waals surface area contributed by atoms with Crippen LogP contribution in [0.3, 0.4) is 0 Å². The summed E-state index contributed by atoms with van der Waals surface area (Å²) < 4.78 is 0. The van der Waals surface area contributed by atoms with Crippen LogP contribution in [-0.2, 0) is 11.3 Å². The second-order valence-corrected chi connectivity index (χ2v) is 8.04. The molecule has 1 aromatic heterocycles. The molecular formula is C20H15N3O3S2. The van der Waals surface area contributed by atoms with Crippen molar-refractivity contribution in [1.82, 2.24) is 9.88 Å². The highest BCUT2D eigenvalue weighted by Gasteiger charge is 2.29. The Morgan fingerprint density at radius 1 is 1.07 bits per heavy atom. The van der Waals surface area contributed by atoms with E-state index in [1.54, 1.807) is 30.5 Å². The van der Waals surface area contributed by atoms with Crippen LogP contribution in [0, 0.1) is 0 Å². The van der Waals surface area contributed by atoms with Crippen LogP contribution in [0.2, 0.25) is 0 Å². The van der Waals surface area contributed by atoms with E-state index in [2.05, 4.69) is 10.3 Å². The zero-order valence-electron chi connectivity index (χ0n) is 14.6. The molecule has 0 spiro atoms. The fraction of sp³-hybridized carbons (Fsp3) is 0.100. The van der Waals surface area contributed by atoms with E-state index in [0.29, 0.717) is 10.6 Å². The van der Waals surface area contributed by atoms with Crippen molar-refractivity contribution in [3.05, 3.63) is 71.2 Å². The van der Waals surface area contributed by atoms with Gasteiger partial charge >= 0.3 is 0 Å². The maximum Gasteiger partial charge on any atom is 0.289 e. The molecule has 2 heterocycles. The number of carbonyl (C=O) groups excluding carboxylic acids is 3. The Balaban J connectivity index is 1.40. The van der Waals surface area contributed by atoms with Crippen LogP contribution in [0.15, 0.2) is 60.8 Å². The molecular weight excluding hydrogens is 394 g/mol. The molecule has 0 aliphatic carbocycles. The van der Waals surface area contributed by atoms with Gasteiger partial charge in [0.15, 0.2) is 0 Å². The Morgan fingerprint density at radius 3 is 2.50 bits per heavy atom. The highest BCUT2D eigenvalue weighted by molar-refractivity contribution is 8.14. The van der Waals surface area contributed by atoms with Crippen LogP contribution < -0.4 is 5.32 Å². The lowest BCUT2D eigenvalue weighted by atomic mass is 10.2. The number of rotatable bonds is 5. The van der Waals surface area contributed by atoms with Crippen LogP contribution in [0.4, 0.5) is 10.5 Å². The Kier molecular flexibility index (Phi) is 5.23. The van der Waals surface area contributed by atoms with Crippen molar-refractivity contribution < 1.29 is 14.4 Å². The smallest absolute Gasteiger partial charge is 0.289 e. The van der Waals surface area contributed by atoms with Crippen molar-refractivity contribution in [2.24, 2.45) is 0 Å². The molecule has 140 valence electrons. The van der Waals surface area contributed by atoms with Crippen molar-refractivity contribution >= 4 is 45.8 Å². The standard InChI is InChI=1S/C20H15N3O3S2/c24-17-12-27-20(26)23(17)11-13-6-8-15(9-7-13)22-18(25)16-10-21-19(28-16)14-4-2-1-3-5-14/h1-10H,11-12H2,(H,22,25). The number of amides is 3. The van der Waals surface area contributed by atoms with Crippen molar-refractivity contribution in [2.75, 3.05) is 11.1 Å². The number of imide groups is 1. The Bertz CT molecular complexity index is 1020. The minimum absolute atomic E-state index is 0.174. The average Bonchev–Trinajstić information content (AvgIpc) is 3.33. The Hall–Kier alpha value is -2.97. The van der Waals surface area contributed by atoms with Crippen molar-refractivity contribution in [2.45, 2.75) is 6.54 Å². The van der Waals surface area contributed by atoms with Gasteiger partial charge in [-0.1, -0.05) is 54.2 Å². The van der Waals surface area contributed by atoms with E-state index in [1.165, 1.54) is 16.2 Å². The topological polar surface area (TPSA) is 79.4 Å². The Morgan fingerprint density at radius 2 is 1.82 bits per heavy atom. The van der Waals surface area contributed by atoms with Gasteiger partial charge in [-0.15, -0.1) is 11.3 Å². The number of nitrogens with one attached hydrogen (secondary N) is 1. The van der Waals surface area contributed by atoms with E-state index in [0.717, 1.165) is 27.9 Å². The van der Waals surface area contributed by atoms with Crippen LogP contribution in [0.5, 0.6) is 0 Å². The van der Waals surface area contributed by atoms with Gasteiger partial charge in [-0.25, -0.2) is 4.98 Å². The lowest BCUT2D eigenvalue weighted by Gasteiger charge is -2.13. The maximum absolute atomic E-state index is 12.5. The number of anilines is 1. The molecule has 1 aliphatic heterocycles. The fourth-order valence-corrected chi connectivity index (χ4v) is 4.24. The number of nitrogens with zero attached hydrogens (tertiary/aromatic N) is 2. The summed E-state index contributed by atoms with van der Waals surface area (Å²) in [5, 5.41) is 3.41. The second-order valence-electron chi connectivity index (χ2n) is 6.08. The summed E-state index contributed by atoms with van der Waals surface area (Å²) in [5.41, 5.74) is 2.43. The molecule has 0 bridgehead atoms. The number of thiazole rings is 1. The molecule has 1 N–H and O–H groups in total. The monoisotopic (exact) mass is 409 g/mol. The molecule has 0 unspecified atom stereocenters. The van der Waals surface area contributed by atoms with Gasteiger partial charge in [0.05, 0.1) is 18.5 Å². The SMILES string of the molecule is O=C(Nc1ccc(CN2C(=O)CSC2=O)cc1)c1cnc(-c2ccccc2)s1. The lowest BCUT2D eigenvalue weighted by molar-refractivity contribution is -0.125. The van der Waals surface area contributed by atoms with Gasteiger partial charge in [-0.2, -0.15) is 0 Å². The molecule has 1 saturated heterocycles. The highest BCUT2D eigenvalue weighted by atomic mass is 32.2. The number of thioether (sulfide) groups is 1.